The molecule has 3 aromatic rings. The number of nitrogens with zero attached hydrogens (tertiary/aromatic N) is 3. The Morgan fingerprint density at radius 3 is 2.67 bits per heavy atom. The lowest BCUT2D eigenvalue weighted by Crippen LogP contribution is -2.31. The van der Waals surface area contributed by atoms with E-state index in [-0.39, 0.29) is 5.91 Å². The molecule has 1 saturated heterocycles. The molecule has 2 aliphatic rings. The maximum atomic E-state index is 13.2. The molecule has 1 atom stereocenters. The lowest BCUT2D eigenvalue weighted by atomic mass is 9.80. The van der Waals surface area contributed by atoms with Crippen molar-refractivity contribution in [3.63, 3.8) is 0 Å². The topological polar surface area (TPSA) is 37.6 Å². The summed E-state index contributed by atoms with van der Waals surface area (Å²) in [6, 6.07) is 10.2. The first kappa shape index (κ1) is 17.0. The minimum absolute atomic E-state index is 0.163. The molecule has 1 aromatic carbocycles. The third-order valence-electron chi connectivity index (χ3n) is 6.33. The number of imidazole rings is 1. The molecule has 4 nitrogen and oxygen atoms in total. The molecule has 0 unspecified atom stereocenters. The molecule has 1 aliphatic carbocycles. The van der Waals surface area contributed by atoms with Crippen LogP contribution < -0.4 is 0 Å². The Labute approximate surface area is 163 Å². The van der Waals surface area contributed by atoms with Gasteiger partial charge in [-0.05, 0) is 18.3 Å². The zero-order chi connectivity index (χ0) is 18.2. The lowest BCUT2D eigenvalue weighted by molar-refractivity contribution is 0.0773. The van der Waals surface area contributed by atoms with Gasteiger partial charge < -0.3 is 4.90 Å². The molecule has 0 spiro atoms. The van der Waals surface area contributed by atoms with Crippen LogP contribution in [0.2, 0.25) is 0 Å². The first-order chi connectivity index (χ1) is 13.3. The molecule has 27 heavy (non-hydrogen) atoms. The third kappa shape index (κ3) is 3.18. The van der Waals surface area contributed by atoms with E-state index in [9.17, 15) is 4.79 Å². The molecule has 1 amide bonds. The second-order valence-corrected chi connectivity index (χ2v) is 8.80. The van der Waals surface area contributed by atoms with E-state index in [1.807, 2.05) is 34.2 Å². The lowest BCUT2D eigenvalue weighted by Gasteiger charge is -2.27. The van der Waals surface area contributed by atoms with Crippen molar-refractivity contribution in [2.75, 3.05) is 13.1 Å². The molecule has 140 valence electrons. The minimum atomic E-state index is 0.163. The average Bonchev–Trinajstić information content (AvgIpc) is 3.44. The summed E-state index contributed by atoms with van der Waals surface area (Å²) in [6.45, 7) is 1.83. The largest absolute Gasteiger partial charge is 0.337 e. The molecule has 5 heteroatoms. The van der Waals surface area contributed by atoms with E-state index in [2.05, 4.69) is 17.0 Å². The van der Waals surface area contributed by atoms with Gasteiger partial charge in [-0.3, -0.25) is 9.20 Å². The van der Waals surface area contributed by atoms with Crippen LogP contribution in [0.5, 0.6) is 0 Å². The monoisotopic (exact) mass is 379 g/mol. The Bertz CT molecular complexity index is 939. The number of amides is 1. The average molecular weight is 380 g/mol. The number of carbonyl (C=O) groups is 1. The molecule has 1 aliphatic heterocycles. The van der Waals surface area contributed by atoms with Crippen LogP contribution in [-0.4, -0.2) is 33.3 Å². The SMILES string of the molecule is O=C(c1csc2nc(-c3ccccc3)cn12)N1CC[C@H](C2CCCCC2)C1. The van der Waals surface area contributed by atoms with Gasteiger partial charge in [0.15, 0.2) is 4.96 Å². The summed E-state index contributed by atoms with van der Waals surface area (Å²) < 4.78 is 1.98. The Hall–Kier alpha value is -2.14. The van der Waals surface area contributed by atoms with Gasteiger partial charge in [-0.2, -0.15) is 0 Å². The van der Waals surface area contributed by atoms with Gasteiger partial charge in [0, 0.05) is 30.2 Å². The Balaban J connectivity index is 1.36. The maximum absolute atomic E-state index is 13.2. The highest BCUT2D eigenvalue weighted by atomic mass is 32.1. The fourth-order valence-electron chi connectivity index (χ4n) is 4.81. The van der Waals surface area contributed by atoms with E-state index in [0.29, 0.717) is 5.92 Å². The van der Waals surface area contributed by atoms with Crippen LogP contribution in [0.25, 0.3) is 16.2 Å². The second-order valence-electron chi connectivity index (χ2n) is 7.96. The normalized spacial score (nSPS) is 21.2. The summed E-state index contributed by atoms with van der Waals surface area (Å²) in [6.07, 6.45) is 10.0. The van der Waals surface area contributed by atoms with Crippen LogP contribution in [0.3, 0.4) is 0 Å². The van der Waals surface area contributed by atoms with Gasteiger partial charge in [0.2, 0.25) is 0 Å². The Morgan fingerprint density at radius 2 is 1.85 bits per heavy atom. The van der Waals surface area contributed by atoms with E-state index in [0.717, 1.165) is 40.9 Å². The van der Waals surface area contributed by atoms with Gasteiger partial charge in [-0.1, -0.05) is 62.4 Å². The van der Waals surface area contributed by atoms with Crippen LogP contribution in [-0.2, 0) is 0 Å². The summed E-state index contributed by atoms with van der Waals surface area (Å²) in [5.41, 5.74) is 2.78. The molecule has 0 radical (unpaired) electrons. The van der Waals surface area contributed by atoms with Crippen molar-refractivity contribution >= 4 is 22.2 Å². The number of likely N-dealkylation sites (tertiary alicyclic amines) is 1. The molecule has 0 N–H and O–H groups in total. The quantitative estimate of drug-likeness (QED) is 0.634. The van der Waals surface area contributed by atoms with Gasteiger partial charge in [0.25, 0.3) is 5.91 Å². The molecular weight excluding hydrogens is 354 g/mol. The zero-order valence-electron chi connectivity index (χ0n) is 15.5. The first-order valence-corrected chi connectivity index (χ1v) is 11.0. The molecule has 1 saturated carbocycles. The van der Waals surface area contributed by atoms with Crippen molar-refractivity contribution in [3.05, 3.63) is 47.6 Å². The van der Waals surface area contributed by atoms with Gasteiger partial charge >= 0.3 is 0 Å². The van der Waals surface area contributed by atoms with Crippen molar-refractivity contribution in [1.82, 2.24) is 14.3 Å². The number of aromatic nitrogens is 2. The van der Waals surface area contributed by atoms with Crippen molar-refractivity contribution in [1.29, 1.82) is 0 Å². The summed E-state index contributed by atoms with van der Waals surface area (Å²) in [5.74, 6) is 1.69. The summed E-state index contributed by atoms with van der Waals surface area (Å²) >= 11 is 1.55. The maximum Gasteiger partial charge on any atom is 0.271 e. The fourth-order valence-corrected chi connectivity index (χ4v) is 5.66. The summed E-state index contributed by atoms with van der Waals surface area (Å²) in [7, 11) is 0. The van der Waals surface area contributed by atoms with Crippen molar-refractivity contribution in [3.8, 4) is 11.3 Å². The van der Waals surface area contributed by atoms with Gasteiger partial charge in [0.05, 0.1) is 5.69 Å². The van der Waals surface area contributed by atoms with Gasteiger partial charge in [0.1, 0.15) is 5.69 Å². The molecule has 2 aromatic heterocycles. The number of hydrogen-bond donors (Lipinski definition) is 0. The third-order valence-corrected chi connectivity index (χ3v) is 7.17. The van der Waals surface area contributed by atoms with Crippen LogP contribution in [0.15, 0.2) is 41.9 Å². The summed E-state index contributed by atoms with van der Waals surface area (Å²) in [4.78, 5) is 20.9. The van der Waals surface area contributed by atoms with Gasteiger partial charge in [-0.25, -0.2) is 4.98 Å². The smallest absolute Gasteiger partial charge is 0.271 e. The number of fused-ring (bicyclic) bond motifs is 1. The predicted octanol–water partition coefficient (Wildman–Crippen LogP) is 5.11. The minimum Gasteiger partial charge on any atom is -0.337 e. The number of benzene rings is 1. The molecule has 2 fully saturated rings. The van der Waals surface area contributed by atoms with Crippen molar-refractivity contribution in [2.45, 2.75) is 38.5 Å². The van der Waals surface area contributed by atoms with E-state index < -0.39 is 0 Å². The Kier molecular flexibility index (Phi) is 4.48. The zero-order valence-corrected chi connectivity index (χ0v) is 16.3. The van der Waals surface area contributed by atoms with Crippen molar-refractivity contribution < 1.29 is 4.79 Å². The molecular formula is C22H25N3OS. The highest BCUT2D eigenvalue weighted by Crippen LogP contribution is 2.35. The Morgan fingerprint density at radius 1 is 1.04 bits per heavy atom. The first-order valence-electron chi connectivity index (χ1n) is 10.1. The van der Waals surface area contributed by atoms with E-state index in [1.165, 1.54) is 38.5 Å². The van der Waals surface area contributed by atoms with Crippen LogP contribution in [0.1, 0.15) is 49.0 Å². The fraction of sp³-hybridized carbons (Fsp3) is 0.455. The number of rotatable bonds is 3. The number of hydrogen-bond acceptors (Lipinski definition) is 3. The number of carbonyl (C=O) groups excluding carboxylic acids is 1. The molecule has 5 rings (SSSR count). The predicted molar refractivity (Wildman–Crippen MR) is 109 cm³/mol. The summed E-state index contributed by atoms with van der Waals surface area (Å²) in [5, 5.41) is 1.97. The van der Waals surface area contributed by atoms with Crippen molar-refractivity contribution in [2.24, 2.45) is 11.8 Å². The van der Waals surface area contributed by atoms with E-state index >= 15 is 0 Å². The van der Waals surface area contributed by atoms with Crippen LogP contribution in [0, 0.1) is 11.8 Å². The van der Waals surface area contributed by atoms with E-state index in [1.54, 1.807) is 11.3 Å². The van der Waals surface area contributed by atoms with Gasteiger partial charge in [-0.15, -0.1) is 11.3 Å². The highest BCUT2D eigenvalue weighted by molar-refractivity contribution is 7.15. The molecule has 0 bridgehead atoms. The standard InChI is InChI=1S/C22H25N3OS/c26-21(24-12-11-18(13-24)16-7-3-1-4-8-16)20-15-27-22-23-19(14-25(20)22)17-9-5-2-6-10-17/h2,5-6,9-10,14-16,18H,1,3-4,7-8,11-13H2/t18-/m0/s1. The number of thiazole rings is 1. The van der Waals surface area contributed by atoms with Crippen LogP contribution in [0.4, 0.5) is 0 Å². The van der Waals surface area contributed by atoms with Crippen LogP contribution >= 0.6 is 11.3 Å². The second kappa shape index (κ2) is 7.12. The molecule has 3 heterocycles. The highest BCUT2D eigenvalue weighted by Gasteiger charge is 2.33. The van der Waals surface area contributed by atoms with E-state index in [4.69, 9.17) is 4.98 Å².